The fourth-order valence-corrected chi connectivity index (χ4v) is 1.96. The maximum absolute atomic E-state index is 4.38. The van der Waals surface area contributed by atoms with Gasteiger partial charge in [0.15, 0.2) is 0 Å². The predicted octanol–water partition coefficient (Wildman–Crippen LogP) is 3.17. The maximum Gasteiger partial charge on any atom is 0.0704 e. The molecule has 0 unspecified atom stereocenters. The first-order valence-electron chi connectivity index (χ1n) is 6.14. The Bertz CT molecular complexity index is 492. The normalized spacial score (nSPS) is 11.9. The van der Waals surface area contributed by atoms with E-state index in [9.17, 15) is 0 Å². The van der Waals surface area contributed by atoms with E-state index < -0.39 is 0 Å². The summed E-state index contributed by atoms with van der Waals surface area (Å²) in [7, 11) is 0. The lowest BCUT2D eigenvalue weighted by Crippen LogP contribution is -2.37. The molecular formula is C15H20N2. The summed E-state index contributed by atoms with van der Waals surface area (Å²) < 4.78 is 0. The molecule has 0 atom stereocenters. The van der Waals surface area contributed by atoms with E-state index in [-0.39, 0.29) is 5.54 Å². The van der Waals surface area contributed by atoms with E-state index in [0.29, 0.717) is 0 Å². The van der Waals surface area contributed by atoms with Gasteiger partial charge in [0.2, 0.25) is 0 Å². The number of fused-ring (bicyclic) bond motifs is 1. The van der Waals surface area contributed by atoms with Gasteiger partial charge in [-0.3, -0.25) is 4.98 Å². The van der Waals surface area contributed by atoms with Crippen molar-refractivity contribution in [3.05, 3.63) is 42.1 Å². The summed E-state index contributed by atoms with van der Waals surface area (Å²) in [6.45, 7) is 7.57. The highest BCUT2D eigenvalue weighted by Crippen LogP contribution is 2.16. The number of hydrogen-bond donors (Lipinski definition) is 1. The Morgan fingerprint density at radius 1 is 1.12 bits per heavy atom. The predicted molar refractivity (Wildman–Crippen MR) is 73.2 cm³/mol. The van der Waals surface area contributed by atoms with E-state index >= 15 is 0 Å². The molecule has 0 fully saturated rings. The second-order valence-electron chi connectivity index (χ2n) is 5.41. The minimum absolute atomic E-state index is 0.183. The zero-order chi connectivity index (χ0) is 12.3. The molecule has 1 N–H and O–H groups in total. The van der Waals surface area contributed by atoms with Crippen molar-refractivity contribution in [3.8, 4) is 0 Å². The average molecular weight is 228 g/mol. The van der Waals surface area contributed by atoms with Crippen LogP contribution in [0.4, 0.5) is 0 Å². The quantitative estimate of drug-likeness (QED) is 0.873. The molecule has 0 saturated carbocycles. The number of nitrogens with one attached hydrogen (secondary N) is 1. The first-order chi connectivity index (χ1) is 8.06. The SMILES string of the molecule is CC(C)(C)NCCc1cccc2ncccc12. The molecule has 0 aliphatic rings. The molecule has 0 aliphatic heterocycles. The molecular weight excluding hydrogens is 208 g/mol. The lowest BCUT2D eigenvalue weighted by Gasteiger charge is -2.20. The van der Waals surface area contributed by atoms with Gasteiger partial charge in [-0.05, 0) is 51.4 Å². The van der Waals surface area contributed by atoms with Crippen molar-refractivity contribution in [1.29, 1.82) is 0 Å². The molecule has 0 amide bonds. The van der Waals surface area contributed by atoms with Crippen molar-refractivity contribution in [2.45, 2.75) is 32.7 Å². The van der Waals surface area contributed by atoms with Crippen LogP contribution in [0.1, 0.15) is 26.3 Å². The molecule has 17 heavy (non-hydrogen) atoms. The third-order valence-electron chi connectivity index (χ3n) is 2.79. The highest BCUT2D eigenvalue weighted by molar-refractivity contribution is 5.81. The summed E-state index contributed by atoms with van der Waals surface area (Å²) in [4.78, 5) is 4.38. The fraction of sp³-hybridized carbons (Fsp3) is 0.400. The second kappa shape index (κ2) is 4.84. The molecule has 0 radical (unpaired) electrons. The topological polar surface area (TPSA) is 24.9 Å². The van der Waals surface area contributed by atoms with Gasteiger partial charge in [0.05, 0.1) is 5.52 Å². The molecule has 2 rings (SSSR count). The van der Waals surface area contributed by atoms with Gasteiger partial charge in [0, 0.05) is 17.1 Å². The second-order valence-corrected chi connectivity index (χ2v) is 5.41. The summed E-state index contributed by atoms with van der Waals surface area (Å²) in [6.07, 6.45) is 2.89. The Morgan fingerprint density at radius 3 is 2.71 bits per heavy atom. The minimum atomic E-state index is 0.183. The molecule has 0 saturated heterocycles. The van der Waals surface area contributed by atoms with E-state index in [1.807, 2.05) is 12.3 Å². The molecule has 90 valence electrons. The van der Waals surface area contributed by atoms with Crippen LogP contribution in [0, 0.1) is 0 Å². The summed E-state index contributed by atoms with van der Waals surface area (Å²) >= 11 is 0. The number of pyridine rings is 1. The van der Waals surface area contributed by atoms with Crippen molar-refractivity contribution in [1.82, 2.24) is 10.3 Å². The number of benzene rings is 1. The van der Waals surface area contributed by atoms with Crippen molar-refractivity contribution < 1.29 is 0 Å². The number of hydrogen-bond acceptors (Lipinski definition) is 2. The van der Waals surface area contributed by atoms with Crippen molar-refractivity contribution >= 4 is 10.9 Å². The van der Waals surface area contributed by atoms with Crippen LogP contribution in [0.25, 0.3) is 10.9 Å². The lowest BCUT2D eigenvalue weighted by atomic mass is 10.0. The molecule has 1 aromatic carbocycles. The Kier molecular flexibility index (Phi) is 3.43. The van der Waals surface area contributed by atoms with Crippen molar-refractivity contribution in [2.24, 2.45) is 0 Å². The van der Waals surface area contributed by atoms with Gasteiger partial charge in [0.25, 0.3) is 0 Å². The molecule has 0 bridgehead atoms. The Morgan fingerprint density at radius 2 is 1.94 bits per heavy atom. The summed E-state index contributed by atoms with van der Waals surface area (Å²) in [5, 5.41) is 4.78. The summed E-state index contributed by atoms with van der Waals surface area (Å²) in [5.74, 6) is 0. The largest absolute Gasteiger partial charge is 0.312 e. The summed E-state index contributed by atoms with van der Waals surface area (Å²) in [5.41, 5.74) is 2.64. The number of aromatic nitrogens is 1. The van der Waals surface area contributed by atoms with Crippen LogP contribution in [0.15, 0.2) is 36.5 Å². The van der Waals surface area contributed by atoms with Gasteiger partial charge in [-0.15, -0.1) is 0 Å². The van der Waals surface area contributed by atoms with Gasteiger partial charge in [0.1, 0.15) is 0 Å². The number of nitrogens with zero attached hydrogens (tertiary/aromatic N) is 1. The first kappa shape index (κ1) is 12.1. The van der Waals surface area contributed by atoms with Crippen LogP contribution >= 0.6 is 0 Å². The summed E-state index contributed by atoms with van der Waals surface area (Å²) in [6, 6.07) is 10.5. The Labute approximate surface area is 103 Å². The average Bonchev–Trinajstić information content (AvgIpc) is 2.28. The van der Waals surface area contributed by atoms with Crippen molar-refractivity contribution in [2.75, 3.05) is 6.54 Å². The third-order valence-corrected chi connectivity index (χ3v) is 2.79. The molecule has 2 aromatic rings. The smallest absolute Gasteiger partial charge is 0.0704 e. The van der Waals surface area contributed by atoms with Crippen LogP contribution < -0.4 is 5.32 Å². The molecule has 1 heterocycles. The van der Waals surface area contributed by atoms with Gasteiger partial charge in [-0.2, -0.15) is 0 Å². The Balaban J connectivity index is 2.13. The van der Waals surface area contributed by atoms with Crippen LogP contribution in [-0.4, -0.2) is 17.1 Å². The van der Waals surface area contributed by atoms with Gasteiger partial charge >= 0.3 is 0 Å². The van der Waals surface area contributed by atoms with E-state index in [0.717, 1.165) is 18.5 Å². The molecule has 2 nitrogen and oxygen atoms in total. The molecule has 0 spiro atoms. The fourth-order valence-electron chi connectivity index (χ4n) is 1.96. The first-order valence-corrected chi connectivity index (χ1v) is 6.14. The lowest BCUT2D eigenvalue weighted by molar-refractivity contribution is 0.430. The van der Waals surface area contributed by atoms with E-state index in [1.165, 1.54) is 10.9 Å². The van der Waals surface area contributed by atoms with E-state index in [2.05, 4.69) is 55.3 Å². The van der Waals surface area contributed by atoms with E-state index in [4.69, 9.17) is 0 Å². The van der Waals surface area contributed by atoms with Crippen LogP contribution in [0.5, 0.6) is 0 Å². The van der Waals surface area contributed by atoms with Crippen LogP contribution in [-0.2, 0) is 6.42 Å². The molecule has 2 heteroatoms. The highest BCUT2D eigenvalue weighted by Gasteiger charge is 2.08. The highest BCUT2D eigenvalue weighted by atomic mass is 14.9. The maximum atomic E-state index is 4.38. The monoisotopic (exact) mass is 228 g/mol. The molecule has 1 aromatic heterocycles. The molecule has 0 aliphatic carbocycles. The van der Waals surface area contributed by atoms with Crippen LogP contribution in [0.3, 0.4) is 0 Å². The van der Waals surface area contributed by atoms with E-state index in [1.54, 1.807) is 0 Å². The third kappa shape index (κ3) is 3.27. The van der Waals surface area contributed by atoms with Crippen molar-refractivity contribution in [3.63, 3.8) is 0 Å². The van der Waals surface area contributed by atoms with Gasteiger partial charge in [-0.25, -0.2) is 0 Å². The Hall–Kier alpha value is -1.41. The zero-order valence-electron chi connectivity index (χ0n) is 10.8. The van der Waals surface area contributed by atoms with Crippen LogP contribution in [0.2, 0.25) is 0 Å². The standard InChI is InChI=1S/C15H20N2/c1-15(2,3)17-11-9-12-6-4-8-14-13(12)7-5-10-16-14/h4-8,10,17H,9,11H2,1-3H3. The minimum Gasteiger partial charge on any atom is -0.312 e. The van der Waals surface area contributed by atoms with Gasteiger partial charge in [-0.1, -0.05) is 18.2 Å². The zero-order valence-corrected chi connectivity index (χ0v) is 10.8. The number of rotatable bonds is 3. The van der Waals surface area contributed by atoms with Gasteiger partial charge < -0.3 is 5.32 Å².